The molecule has 118 valence electrons. The topological polar surface area (TPSA) is 85.9 Å². The number of fused-ring (bicyclic) bond motifs is 1. The largest absolute Gasteiger partial charge is 0.362 e. The van der Waals surface area contributed by atoms with Crippen molar-refractivity contribution in [3.8, 4) is 0 Å². The average molecular weight is 306 g/mol. The third-order valence-electron chi connectivity index (χ3n) is 3.55. The lowest BCUT2D eigenvalue weighted by Crippen LogP contribution is -2.42. The highest BCUT2D eigenvalue weighted by Gasteiger charge is 2.37. The fourth-order valence-electron chi connectivity index (χ4n) is 2.42. The molecule has 2 heterocycles. The maximum atomic E-state index is 11.6. The Morgan fingerprint density at radius 3 is 1.95 bits per heavy atom. The summed E-state index contributed by atoms with van der Waals surface area (Å²) in [6.07, 6.45) is -1.15. The number of carbonyl (C=O) groups excluding carboxylic acids is 2. The standard InChI is InChI=1S/C15H18N2O5/c18-13-8-20-9-14(19)17-7-12-11(6-16-13)21-15(22-12)10-4-2-1-3-5-10/h1-5,11-12,15H,6-9H2,(H,16,18)(H,17,19)/t11-,12-/m0/s1. The number of nitrogens with one attached hydrogen (secondary N) is 2. The number of ether oxygens (including phenoxy) is 3. The van der Waals surface area contributed by atoms with Gasteiger partial charge in [-0.15, -0.1) is 0 Å². The first-order chi connectivity index (χ1) is 10.7. The van der Waals surface area contributed by atoms with Crippen LogP contribution in [0.25, 0.3) is 0 Å². The summed E-state index contributed by atoms with van der Waals surface area (Å²) in [5.41, 5.74) is 0.906. The van der Waals surface area contributed by atoms with Crippen molar-refractivity contribution >= 4 is 11.8 Å². The van der Waals surface area contributed by atoms with Gasteiger partial charge in [-0.25, -0.2) is 0 Å². The van der Waals surface area contributed by atoms with E-state index in [4.69, 9.17) is 14.2 Å². The molecule has 0 aliphatic carbocycles. The Bertz CT molecular complexity index is 508. The minimum Gasteiger partial charge on any atom is -0.362 e. The third-order valence-corrected chi connectivity index (χ3v) is 3.55. The second kappa shape index (κ2) is 6.87. The lowest BCUT2D eigenvalue weighted by atomic mass is 10.2. The van der Waals surface area contributed by atoms with E-state index in [9.17, 15) is 9.59 Å². The van der Waals surface area contributed by atoms with Crippen molar-refractivity contribution in [1.29, 1.82) is 0 Å². The molecule has 3 rings (SSSR count). The normalized spacial score (nSPS) is 27.5. The molecule has 0 aromatic heterocycles. The molecule has 7 heteroatoms. The van der Waals surface area contributed by atoms with Crippen molar-refractivity contribution in [3.63, 3.8) is 0 Å². The van der Waals surface area contributed by atoms with Gasteiger partial charge in [-0.05, 0) is 0 Å². The first-order valence-electron chi connectivity index (χ1n) is 7.19. The van der Waals surface area contributed by atoms with Crippen molar-refractivity contribution in [2.45, 2.75) is 18.5 Å². The number of amides is 2. The molecule has 2 amide bonds. The van der Waals surface area contributed by atoms with Crippen molar-refractivity contribution in [1.82, 2.24) is 10.6 Å². The van der Waals surface area contributed by atoms with Gasteiger partial charge in [-0.1, -0.05) is 30.3 Å². The molecule has 2 aliphatic heterocycles. The van der Waals surface area contributed by atoms with E-state index in [-0.39, 0.29) is 37.2 Å². The first-order valence-corrected chi connectivity index (χ1v) is 7.19. The molecule has 7 nitrogen and oxygen atoms in total. The summed E-state index contributed by atoms with van der Waals surface area (Å²) >= 11 is 0. The number of benzene rings is 1. The minimum atomic E-state index is -0.496. The Hall–Kier alpha value is -1.96. The summed E-state index contributed by atoms with van der Waals surface area (Å²) in [5.74, 6) is -0.555. The Balaban J connectivity index is 1.70. The van der Waals surface area contributed by atoms with Gasteiger partial charge < -0.3 is 24.8 Å². The van der Waals surface area contributed by atoms with Crippen LogP contribution in [-0.4, -0.2) is 50.3 Å². The van der Waals surface area contributed by atoms with Crippen LogP contribution in [0.15, 0.2) is 30.3 Å². The summed E-state index contributed by atoms with van der Waals surface area (Å²) < 4.78 is 16.8. The Morgan fingerprint density at radius 1 is 0.864 bits per heavy atom. The van der Waals surface area contributed by atoms with Gasteiger partial charge >= 0.3 is 0 Å². The Morgan fingerprint density at radius 2 is 1.41 bits per heavy atom. The van der Waals surface area contributed by atoms with E-state index < -0.39 is 6.29 Å². The lowest BCUT2D eigenvalue weighted by Gasteiger charge is -2.16. The van der Waals surface area contributed by atoms with E-state index in [1.54, 1.807) is 0 Å². The number of rotatable bonds is 1. The molecule has 1 aromatic carbocycles. The van der Waals surface area contributed by atoms with Crippen molar-refractivity contribution < 1.29 is 23.8 Å². The second-order valence-corrected chi connectivity index (χ2v) is 5.19. The van der Waals surface area contributed by atoms with E-state index in [2.05, 4.69) is 10.6 Å². The summed E-state index contributed by atoms with van der Waals surface area (Å²) in [4.78, 5) is 23.2. The van der Waals surface area contributed by atoms with Crippen molar-refractivity contribution in [2.75, 3.05) is 26.3 Å². The smallest absolute Gasteiger partial charge is 0.246 e. The van der Waals surface area contributed by atoms with Crippen molar-refractivity contribution in [2.24, 2.45) is 0 Å². The van der Waals surface area contributed by atoms with E-state index >= 15 is 0 Å². The zero-order chi connectivity index (χ0) is 15.4. The van der Waals surface area contributed by atoms with Crippen LogP contribution in [0, 0.1) is 0 Å². The van der Waals surface area contributed by atoms with Gasteiger partial charge in [0, 0.05) is 18.7 Å². The van der Waals surface area contributed by atoms with E-state index in [0.29, 0.717) is 13.1 Å². The number of carbonyl (C=O) groups is 2. The van der Waals surface area contributed by atoms with E-state index in [1.807, 2.05) is 30.3 Å². The van der Waals surface area contributed by atoms with Gasteiger partial charge in [-0.2, -0.15) is 0 Å². The molecule has 22 heavy (non-hydrogen) atoms. The number of hydrogen-bond acceptors (Lipinski definition) is 5. The zero-order valence-electron chi connectivity index (χ0n) is 12.0. The van der Waals surface area contributed by atoms with Crippen molar-refractivity contribution in [3.05, 3.63) is 35.9 Å². The number of hydrogen-bond donors (Lipinski definition) is 2. The van der Waals surface area contributed by atoms with Crippen LogP contribution in [0.3, 0.4) is 0 Å². The molecule has 2 atom stereocenters. The molecule has 0 unspecified atom stereocenters. The summed E-state index contributed by atoms with van der Waals surface area (Å²) in [6, 6.07) is 9.56. The molecule has 2 aliphatic rings. The van der Waals surface area contributed by atoms with Gasteiger partial charge in [0.05, 0.1) is 0 Å². The highest BCUT2D eigenvalue weighted by atomic mass is 16.7. The summed E-state index contributed by atoms with van der Waals surface area (Å²) in [5, 5.41) is 5.46. The molecule has 0 bridgehead atoms. The highest BCUT2D eigenvalue weighted by Crippen LogP contribution is 2.30. The van der Waals surface area contributed by atoms with Crippen LogP contribution in [0.1, 0.15) is 11.9 Å². The average Bonchev–Trinajstić information content (AvgIpc) is 2.94. The maximum Gasteiger partial charge on any atom is 0.246 e. The van der Waals surface area contributed by atoms with Gasteiger partial charge in [0.15, 0.2) is 6.29 Å². The maximum absolute atomic E-state index is 11.6. The molecule has 2 fully saturated rings. The fourth-order valence-corrected chi connectivity index (χ4v) is 2.42. The first kappa shape index (κ1) is 15.0. The van der Waals surface area contributed by atoms with Gasteiger partial charge in [0.2, 0.25) is 11.8 Å². The van der Waals surface area contributed by atoms with E-state index in [1.165, 1.54) is 0 Å². The summed E-state index contributed by atoms with van der Waals surface area (Å²) in [7, 11) is 0. The second-order valence-electron chi connectivity index (χ2n) is 5.19. The van der Waals surface area contributed by atoms with Gasteiger partial charge in [0.1, 0.15) is 25.4 Å². The van der Waals surface area contributed by atoms with Gasteiger partial charge in [0.25, 0.3) is 0 Å². The third kappa shape index (κ3) is 3.62. The molecular formula is C15H18N2O5. The molecule has 2 N–H and O–H groups in total. The minimum absolute atomic E-state index is 0.145. The predicted molar refractivity (Wildman–Crippen MR) is 75.8 cm³/mol. The summed E-state index contributed by atoms with van der Waals surface area (Å²) in [6.45, 7) is 0.333. The molecular weight excluding hydrogens is 288 g/mol. The van der Waals surface area contributed by atoms with Crippen LogP contribution in [0.4, 0.5) is 0 Å². The van der Waals surface area contributed by atoms with Crippen LogP contribution < -0.4 is 10.6 Å². The van der Waals surface area contributed by atoms with Crippen LogP contribution in [-0.2, 0) is 23.8 Å². The molecule has 2 saturated heterocycles. The Kier molecular flexibility index (Phi) is 4.67. The Labute approximate surface area is 127 Å². The van der Waals surface area contributed by atoms with E-state index in [0.717, 1.165) is 5.56 Å². The van der Waals surface area contributed by atoms with Gasteiger partial charge in [-0.3, -0.25) is 9.59 Å². The molecule has 0 spiro atoms. The fraction of sp³-hybridized carbons (Fsp3) is 0.467. The zero-order valence-corrected chi connectivity index (χ0v) is 12.0. The predicted octanol–water partition coefficient (Wildman–Crippen LogP) is -0.268. The molecule has 0 saturated carbocycles. The van der Waals surface area contributed by atoms with Crippen LogP contribution in [0.2, 0.25) is 0 Å². The van der Waals surface area contributed by atoms with Crippen LogP contribution in [0.5, 0.6) is 0 Å². The molecule has 1 aromatic rings. The lowest BCUT2D eigenvalue weighted by molar-refractivity contribution is -0.131. The molecule has 0 radical (unpaired) electrons. The highest BCUT2D eigenvalue weighted by molar-refractivity contribution is 5.79. The monoisotopic (exact) mass is 306 g/mol. The quantitative estimate of drug-likeness (QED) is 0.746. The van der Waals surface area contributed by atoms with Crippen LogP contribution >= 0.6 is 0 Å². The SMILES string of the molecule is O=C1COCC(=O)NC[C@@H]2OC(c3ccccc3)O[C@H]2CN1.